The zero-order chi connectivity index (χ0) is 19.6. The Morgan fingerprint density at radius 1 is 1.11 bits per heavy atom. The largest absolute Gasteiger partial charge is 0.381 e. The molecule has 0 saturated carbocycles. The van der Waals surface area contributed by atoms with Gasteiger partial charge in [0.2, 0.25) is 5.91 Å². The van der Waals surface area contributed by atoms with Crippen LogP contribution in [0.3, 0.4) is 0 Å². The number of nitrogens with zero attached hydrogens (tertiary/aromatic N) is 2. The number of amides is 1. The van der Waals surface area contributed by atoms with Crippen molar-refractivity contribution in [1.29, 1.82) is 0 Å². The van der Waals surface area contributed by atoms with Gasteiger partial charge in [0, 0.05) is 41.3 Å². The predicted molar refractivity (Wildman–Crippen MR) is 110 cm³/mol. The summed E-state index contributed by atoms with van der Waals surface area (Å²) in [6, 6.07) is 14.7. The van der Waals surface area contributed by atoms with Crippen LogP contribution in [0, 0.1) is 0 Å². The van der Waals surface area contributed by atoms with Gasteiger partial charge in [-0.1, -0.05) is 35.3 Å². The monoisotopic (exact) mass is 415 g/mol. The van der Waals surface area contributed by atoms with E-state index in [1.807, 2.05) is 42.6 Å². The topological polar surface area (TPSA) is 56.2 Å². The van der Waals surface area contributed by atoms with Crippen molar-refractivity contribution in [2.45, 2.75) is 18.3 Å². The van der Waals surface area contributed by atoms with Crippen molar-refractivity contribution in [1.82, 2.24) is 9.78 Å². The summed E-state index contributed by atoms with van der Waals surface area (Å²) in [5, 5.41) is 8.34. The zero-order valence-corrected chi connectivity index (χ0v) is 16.6. The summed E-state index contributed by atoms with van der Waals surface area (Å²) >= 11 is 12.5. The van der Waals surface area contributed by atoms with Gasteiger partial charge >= 0.3 is 0 Å². The van der Waals surface area contributed by atoms with Gasteiger partial charge in [-0.25, -0.2) is 4.68 Å². The Balaban J connectivity index is 1.66. The highest BCUT2D eigenvalue weighted by Crippen LogP contribution is 2.40. The molecule has 0 atom stereocenters. The van der Waals surface area contributed by atoms with Crippen LogP contribution in [-0.4, -0.2) is 28.9 Å². The summed E-state index contributed by atoms with van der Waals surface area (Å²) in [5.74, 6) is -0.0994. The maximum atomic E-state index is 13.4. The summed E-state index contributed by atoms with van der Waals surface area (Å²) in [7, 11) is 0. The summed E-state index contributed by atoms with van der Waals surface area (Å²) in [6.45, 7) is 0.999. The number of anilines is 1. The number of hydrogen-bond donors (Lipinski definition) is 1. The van der Waals surface area contributed by atoms with Crippen molar-refractivity contribution in [2.75, 3.05) is 18.5 Å². The maximum absolute atomic E-state index is 13.4. The SMILES string of the molecule is O=C(Nc1cccc(-n2cccn2)c1)C1(c2ccc(Cl)cc2Cl)CCOCC1. The van der Waals surface area contributed by atoms with Crippen LogP contribution < -0.4 is 5.32 Å². The van der Waals surface area contributed by atoms with Crippen LogP contribution in [-0.2, 0) is 14.9 Å². The second kappa shape index (κ2) is 7.95. The Morgan fingerprint density at radius 2 is 1.93 bits per heavy atom. The first-order chi connectivity index (χ1) is 13.6. The summed E-state index contributed by atoms with van der Waals surface area (Å²) < 4.78 is 7.26. The summed E-state index contributed by atoms with van der Waals surface area (Å²) in [5.41, 5.74) is 1.59. The van der Waals surface area contributed by atoms with Crippen molar-refractivity contribution in [3.05, 3.63) is 76.5 Å². The van der Waals surface area contributed by atoms with E-state index in [1.54, 1.807) is 23.0 Å². The fourth-order valence-corrected chi connectivity index (χ4v) is 4.20. The molecule has 4 rings (SSSR count). The lowest BCUT2D eigenvalue weighted by atomic mass is 9.73. The molecule has 1 N–H and O–H groups in total. The number of halogens is 2. The second-order valence-electron chi connectivity index (χ2n) is 6.77. The molecule has 1 aliphatic rings. The van der Waals surface area contributed by atoms with E-state index in [-0.39, 0.29) is 5.91 Å². The molecule has 1 fully saturated rings. The molecule has 3 aromatic rings. The van der Waals surface area contributed by atoms with Crippen LogP contribution in [0.5, 0.6) is 0 Å². The summed E-state index contributed by atoms with van der Waals surface area (Å²) in [6.07, 6.45) is 4.68. The average molecular weight is 416 g/mol. The Labute approximate surface area is 173 Å². The average Bonchev–Trinajstić information content (AvgIpc) is 3.23. The van der Waals surface area contributed by atoms with Gasteiger partial charge in [-0.3, -0.25) is 4.79 Å². The van der Waals surface area contributed by atoms with Crippen molar-refractivity contribution in [2.24, 2.45) is 0 Å². The standard InChI is InChI=1S/C21H19Cl2N3O2/c22-15-5-6-18(19(23)13-15)21(7-11-28-12-8-21)20(27)25-16-3-1-4-17(14-16)26-10-2-9-24-26/h1-6,9-10,13-14H,7-8,11-12H2,(H,25,27). The molecule has 1 aliphatic heterocycles. The van der Waals surface area contributed by atoms with Crippen LogP contribution in [0.2, 0.25) is 10.0 Å². The van der Waals surface area contributed by atoms with E-state index < -0.39 is 5.41 Å². The van der Waals surface area contributed by atoms with Gasteiger partial charge < -0.3 is 10.1 Å². The van der Waals surface area contributed by atoms with Crippen molar-refractivity contribution in [3.63, 3.8) is 0 Å². The number of benzene rings is 2. The first-order valence-corrected chi connectivity index (χ1v) is 9.79. The molecule has 1 saturated heterocycles. The maximum Gasteiger partial charge on any atom is 0.235 e. The molecule has 7 heteroatoms. The molecule has 2 heterocycles. The van der Waals surface area contributed by atoms with Crippen molar-refractivity contribution >= 4 is 34.8 Å². The van der Waals surface area contributed by atoms with E-state index >= 15 is 0 Å². The molecule has 1 aromatic heterocycles. The molecule has 0 aliphatic carbocycles. The molecule has 0 spiro atoms. The Bertz CT molecular complexity index is 983. The summed E-state index contributed by atoms with van der Waals surface area (Å²) in [4.78, 5) is 13.4. The van der Waals surface area contributed by atoms with Crippen LogP contribution in [0.15, 0.2) is 60.9 Å². The van der Waals surface area contributed by atoms with E-state index in [9.17, 15) is 4.79 Å². The molecule has 0 bridgehead atoms. The molecule has 0 unspecified atom stereocenters. The van der Waals surface area contributed by atoms with Crippen molar-refractivity contribution < 1.29 is 9.53 Å². The molecule has 144 valence electrons. The first kappa shape index (κ1) is 19.0. The Kier molecular flexibility index (Phi) is 5.40. The minimum Gasteiger partial charge on any atom is -0.381 e. The third kappa shape index (κ3) is 3.65. The number of carbonyl (C=O) groups excluding carboxylic acids is 1. The van der Waals surface area contributed by atoms with Crippen LogP contribution in [0.1, 0.15) is 18.4 Å². The lowest BCUT2D eigenvalue weighted by Gasteiger charge is -2.36. The van der Waals surface area contributed by atoms with Crippen LogP contribution in [0.4, 0.5) is 5.69 Å². The van der Waals surface area contributed by atoms with E-state index in [2.05, 4.69) is 10.4 Å². The number of hydrogen-bond acceptors (Lipinski definition) is 3. The highest BCUT2D eigenvalue weighted by Gasteiger charge is 2.43. The molecular weight excluding hydrogens is 397 g/mol. The van der Waals surface area contributed by atoms with E-state index in [1.165, 1.54) is 0 Å². The number of aromatic nitrogens is 2. The molecule has 28 heavy (non-hydrogen) atoms. The lowest BCUT2D eigenvalue weighted by molar-refractivity contribution is -0.125. The van der Waals surface area contributed by atoms with Gasteiger partial charge in [0.15, 0.2) is 0 Å². The van der Waals surface area contributed by atoms with Crippen molar-refractivity contribution in [3.8, 4) is 5.69 Å². The number of nitrogens with one attached hydrogen (secondary N) is 1. The quantitative estimate of drug-likeness (QED) is 0.661. The zero-order valence-electron chi connectivity index (χ0n) is 15.1. The third-order valence-corrected chi connectivity index (χ3v) is 5.65. The fourth-order valence-electron chi connectivity index (χ4n) is 3.61. The predicted octanol–water partition coefficient (Wildman–Crippen LogP) is 4.87. The molecule has 1 amide bonds. The second-order valence-corrected chi connectivity index (χ2v) is 7.62. The van der Waals surface area contributed by atoms with E-state index in [4.69, 9.17) is 27.9 Å². The van der Waals surface area contributed by atoms with Gasteiger partial charge in [-0.2, -0.15) is 5.10 Å². The Morgan fingerprint density at radius 3 is 2.64 bits per heavy atom. The van der Waals surface area contributed by atoms with Gasteiger partial charge in [0.05, 0.1) is 11.1 Å². The molecular formula is C21H19Cl2N3O2. The minimum absolute atomic E-state index is 0.0994. The highest BCUT2D eigenvalue weighted by atomic mass is 35.5. The normalized spacial score (nSPS) is 15.9. The van der Waals surface area contributed by atoms with Crippen LogP contribution >= 0.6 is 23.2 Å². The lowest BCUT2D eigenvalue weighted by Crippen LogP contribution is -2.45. The minimum atomic E-state index is -0.762. The first-order valence-electron chi connectivity index (χ1n) is 9.03. The number of rotatable bonds is 4. The number of carbonyl (C=O) groups is 1. The van der Waals surface area contributed by atoms with Gasteiger partial charge in [-0.05, 0) is 54.8 Å². The van der Waals surface area contributed by atoms with Gasteiger partial charge in [-0.15, -0.1) is 0 Å². The molecule has 0 radical (unpaired) electrons. The Hall–Kier alpha value is -2.34. The third-order valence-electron chi connectivity index (χ3n) is 5.10. The molecule has 5 nitrogen and oxygen atoms in total. The molecule has 2 aromatic carbocycles. The van der Waals surface area contributed by atoms with Gasteiger partial charge in [0.1, 0.15) is 0 Å². The smallest absolute Gasteiger partial charge is 0.235 e. The van der Waals surface area contributed by atoms with E-state index in [0.717, 1.165) is 11.3 Å². The van der Waals surface area contributed by atoms with Crippen LogP contribution in [0.25, 0.3) is 5.69 Å². The fraction of sp³-hybridized carbons (Fsp3) is 0.238. The van der Waals surface area contributed by atoms with Gasteiger partial charge in [0.25, 0.3) is 0 Å². The highest BCUT2D eigenvalue weighted by molar-refractivity contribution is 6.35. The van der Waals surface area contributed by atoms with E-state index in [0.29, 0.717) is 41.8 Å². The number of ether oxygens (including phenoxy) is 1.